The van der Waals surface area contributed by atoms with Crippen LogP contribution in [0.4, 0.5) is 0 Å². The molecular formula is C22H34N4O. The molecule has 5 nitrogen and oxygen atoms in total. The highest BCUT2D eigenvalue weighted by Crippen LogP contribution is 2.39. The largest absolute Gasteiger partial charge is 0.352 e. The van der Waals surface area contributed by atoms with Crippen molar-refractivity contribution in [3.05, 3.63) is 35.9 Å². The number of nitrogens with zero attached hydrogens (tertiary/aromatic N) is 2. The van der Waals surface area contributed by atoms with Gasteiger partial charge in [-0.3, -0.25) is 14.6 Å². The van der Waals surface area contributed by atoms with Gasteiger partial charge < -0.3 is 11.1 Å². The summed E-state index contributed by atoms with van der Waals surface area (Å²) in [7, 11) is 0. The van der Waals surface area contributed by atoms with Crippen LogP contribution in [0.25, 0.3) is 0 Å². The normalized spacial score (nSPS) is 32.2. The second kappa shape index (κ2) is 8.72. The van der Waals surface area contributed by atoms with Gasteiger partial charge in [0.1, 0.15) is 0 Å². The van der Waals surface area contributed by atoms with Gasteiger partial charge >= 0.3 is 0 Å². The summed E-state index contributed by atoms with van der Waals surface area (Å²) in [6, 6.07) is 11.3. The number of hydrogen-bond acceptors (Lipinski definition) is 4. The summed E-state index contributed by atoms with van der Waals surface area (Å²) in [4.78, 5) is 17.5. The Kier molecular flexibility index (Phi) is 6.11. The maximum absolute atomic E-state index is 12.7. The first-order chi connectivity index (χ1) is 13.2. The van der Waals surface area contributed by atoms with Crippen molar-refractivity contribution >= 4 is 5.91 Å². The van der Waals surface area contributed by atoms with Gasteiger partial charge in [-0.15, -0.1) is 0 Å². The van der Waals surface area contributed by atoms with Crippen LogP contribution < -0.4 is 11.1 Å². The molecule has 0 radical (unpaired) electrons. The second-order valence-corrected chi connectivity index (χ2v) is 8.81. The van der Waals surface area contributed by atoms with Crippen molar-refractivity contribution in [3.63, 3.8) is 0 Å². The molecule has 2 bridgehead atoms. The van der Waals surface area contributed by atoms with Crippen LogP contribution in [-0.4, -0.2) is 60.5 Å². The number of nitrogens with two attached hydrogens (primary N) is 1. The molecule has 3 N–H and O–H groups in total. The maximum atomic E-state index is 12.7. The van der Waals surface area contributed by atoms with Crippen LogP contribution >= 0.6 is 0 Å². The number of fused-ring (bicyclic) bond motifs is 2. The Bertz CT molecular complexity index is 600. The first-order valence-corrected chi connectivity index (χ1v) is 10.7. The molecule has 2 atom stereocenters. The van der Waals surface area contributed by atoms with E-state index in [0.29, 0.717) is 30.5 Å². The summed E-state index contributed by atoms with van der Waals surface area (Å²) in [6.45, 7) is 5.57. The van der Waals surface area contributed by atoms with Crippen LogP contribution in [0.3, 0.4) is 0 Å². The molecule has 148 valence electrons. The van der Waals surface area contributed by atoms with E-state index in [1.165, 1.54) is 24.8 Å². The van der Waals surface area contributed by atoms with Gasteiger partial charge in [0.05, 0.1) is 6.54 Å². The minimum atomic E-state index is 0.212. The quantitative estimate of drug-likeness (QED) is 0.830. The van der Waals surface area contributed by atoms with E-state index in [1.807, 2.05) is 0 Å². The second-order valence-electron chi connectivity index (χ2n) is 8.81. The summed E-state index contributed by atoms with van der Waals surface area (Å²) in [5.41, 5.74) is 7.58. The number of carbonyl (C=O) groups is 1. The Balaban J connectivity index is 1.22. The summed E-state index contributed by atoms with van der Waals surface area (Å²) in [5, 5.41) is 3.39. The van der Waals surface area contributed by atoms with E-state index in [0.717, 1.165) is 45.6 Å². The number of hydrogen-bond donors (Lipinski definition) is 2. The Labute approximate surface area is 163 Å². The minimum absolute atomic E-state index is 0.212. The first-order valence-electron chi connectivity index (χ1n) is 10.7. The molecule has 2 aliphatic carbocycles. The van der Waals surface area contributed by atoms with E-state index in [9.17, 15) is 4.79 Å². The van der Waals surface area contributed by atoms with Gasteiger partial charge in [-0.05, 0) is 43.1 Å². The third-order valence-electron chi connectivity index (χ3n) is 6.79. The van der Waals surface area contributed by atoms with Crippen molar-refractivity contribution in [1.82, 2.24) is 15.1 Å². The molecule has 0 aromatic heterocycles. The molecule has 3 aliphatic rings. The van der Waals surface area contributed by atoms with E-state index < -0.39 is 0 Å². The number of amides is 1. The molecule has 5 heteroatoms. The van der Waals surface area contributed by atoms with Crippen molar-refractivity contribution in [1.29, 1.82) is 0 Å². The molecule has 1 amide bonds. The molecule has 1 aromatic rings. The smallest absolute Gasteiger partial charge is 0.234 e. The Morgan fingerprint density at radius 3 is 2.30 bits per heavy atom. The van der Waals surface area contributed by atoms with Crippen LogP contribution in [0, 0.1) is 11.8 Å². The molecule has 1 saturated heterocycles. The van der Waals surface area contributed by atoms with Gasteiger partial charge in [0.2, 0.25) is 5.91 Å². The van der Waals surface area contributed by atoms with Crippen molar-refractivity contribution in [3.8, 4) is 0 Å². The lowest BCUT2D eigenvalue weighted by Crippen LogP contribution is -2.56. The molecule has 2 unspecified atom stereocenters. The zero-order chi connectivity index (χ0) is 18.6. The standard InChI is InChI=1S/C22H34N4O/c23-20-13-18-7-4-8-19(14-20)22(18)24-21(27)16-26-11-9-25(10-12-26)15-17-5-2-1-3-6-17/h1-3,5-6,18-20,22H,4,7-16,23H2,(H,24,27). The minimum Gasteiger partial charge on any atom is -0.352 e. The molecule has 1 heterocycles. The van der Waals surface area contributed by atoms with Crippen molar-refractivity contribution < 1.29 is 4.79 Å². The zero-order valence-electron chi connectivity index (χ0n) is 16.4. The van der Waals surface area contributed by atoms with Gasteiger partial charge in [-0.25, -0.2) is 0 Å². The Morgan fingerprint density at radius 2 is 1.63 bits per heavy atom. The van der Waals surface area contributed by atoms with Crippen molar-refractivity contribution in [2.75, 3.05) is 32.7 Å². The topological polar surface area (TPSA) is 61.6 Å². The first kappa shape index (κ1) is 18.9. The van der Waals surface area contributed by atoms with Crippen molar-refractivity contribution in [2.45, 2.75) is 50.7 Å². The Morgan fingerprint density at radius 1 is 1.00 bits per heavy atom. The molecule has 1 aliphatic heterocycles. The summed E-state index contributed by atoms with van der Waals surface area (Å²) >= 11 is 0. The van der Waals surface area contributed by atoms with E-state index in [4.69, 9.17) is 5.73 Å². The van der Waals surface area contributed by atoms with Crippen molar-refractivity contribution in [2.24, 2.45) is 17.6 Å². The molecular weight excluding hydrogens is 336 g/mol. The number of carbonyl (C=O) groups excluding carboxylic acids is 1. The molecule has 3 fully saturated rings. The lowest BCUT2D eigenvalue weighted by atomic mass is 9.67. The van der Waals surface area contributed by atoms with E-state index in [-0.39, 0.29) is 5.91 Å². The van der Waals surface area contributed by atoms with Gasteiger partial charge in [0.15, 0.2) is 0 Å². The van der Waals surface area contributed by atoms with Gasteiger partial charge in [-0.2, -0.15) is 0 Å². The molecule has 0 spiro atoms. The molecule has 4 rings (SSSR count). The van der Waals surface area contributed by atoms with Gasteiger partial charge in [0, 0.05) is 44.8 Å². The lowest BCUT2D eigenvalue weighted by Gasteiger charge is -2.45. The Hall–Kier alpha value is -1.43. The number of piperazine rings is 1. The summed E-state index contributed by atoms with van der Waals surface area (Å²) in [6.07, 6.45) is 5.93. The van der Waals surface area contributed by atoms with Gasteiger partial charge in [-0.1, -0.05) is 36.8 Å². The maximum Gasteiger partial charge on any atom is 0.234 e. The summed E-state index contributed by atoms with van der Waals surface area (Å²) < 4.78 is 0. The molecule has 27 heavy (non-hydrogen) atoms. The number of rotatable bonds is 5. The van der Waals surface area contributed by atoms with Crippen LogP contribution in [0.2, 0.25) is 0 Å². The predicted molar refractivity (Wildman–Crippen MR) is 108 cm³/mol. The monoisotopic (exact) mass is 370 g/mol. The fourth-order valence-electron chi connectivity index (χ4n) is 5.41. The molecule has 1 aromatic carbocycles. The van der Waals surface area contributed by atoms with Gasteiger partial charge in [0.25, 0.3) is 0 Å². The fraction of sp³-hybridized carbons (Fsp3) is 0.682. The van der Waals surface area contributed by atoms with E-state index in [1.54, 1.807) is 0 Å². The summed E-state index contributed by atoms with van der Waals surface area (Å²) in [5.74, 6) is 1.40. The average Bonchev–Trinajstić information content (AvgIpc) is 2.65. The molecule has 2 saturated carbocycles. The average molecular weight is 371 g/mol. The highest BCUT2D eigenvalue weighted by atomic mass is 16.2. The zero-order valence-corrected chi connectivity index (χ0v) is 16.4. The lowest BCUT2D eigenvalue weighted by molar-refractivity contribution is -0.125. The highest BCUT2D eigenvalue weighted by Gasteiger charge is 2.40. The van der Waals surface area contributed by atoms with Crippen LogP contribution in [0.1, 0.15) is 37.7 Å². The van der Waals surface area contributed by atoms with Crippen LogP contribution in [0.15, 0.2) is 30.3 Å². The number of nitrogens with one attached hydrogen (secondary N) is 1. The third kappa shape index (κ3) is 4.89. The van der Waals surface area contributed by atoms with E-state index >= 15 is 0 Å². The third-order valence-corrected chi connectivity index (χ3v) is 6.79. The van der Waals surface area contributed by atoms with Crippen LogP contribution in [-0.2, 0) is 11.3 Å². The SMILES string of the molecule is NC1CC2CCCC(C1)C2NC(=O)CN1CCN(Cc2ccccc2)CC1. The predicted octanol–water partition coefficient (Wildman–Crippen LogP) is 1.83. The van der Waals surface area contributed by atoms with E-state index in [2.05, 4.69) is 45.4 Å². The fourth-order valence-corrected chi connectivity index (χ4v) is 5.41. The highest BCUT2D eigenvalue weighted by molar-refractivity contribution is 5.78. The van der Waals surface area contributed by atoms with Crippen LogP contribution in [0.5, 0.6) is 0 Å². The number of benzene rings is 1.